The highest BCUT2D eigenvalue weighted by atomic mass is 33.1. The maximum absolute atomic E-state index is 14.4. The van der Waals surface area contributed by atoms with E-state index < -0.39 is 18.4 Å². The van der Waals surface area contributed by atoms with E-state index in [4.69, 9.17) is 9.47 Å². The minimum atomic E-state index is -0.719. The number of aliphatic hydroxyl groups is 4. The van der Waals surface area contributed by atoms with E-state index in [0.29, 0.717) is 74.1 Å². The topological polar surface area (TPSA) is 198 Å². The molecule has 0 spiro atoms. The number of hydrogen-bond acceptors (Lipinski definition) is 14. The minimum Gasteiger partial charge on any atom is -0.508 e. The number of fused-ring (bicyclic) bond motifs is 10. The third kappa shape index (κ3) is 11.0. The second-order valence-electron chi connectivity index (χ2n) is 17.3. The number of rotatable bonds is 14. The normalized spacial score (nSPS) is 22.3. The summed E-state index contributed by atoms with van der Waals surface area (Å²) in [6, 6.07) is 14.7. The van der Waals surface area contributed by atoms with Crippen molar-refractivity contribution in [1.82, 2.24) is 5.32 Å². The number of benzene rings is 4. The maximum atomic E-state index is 14.4. The summed E-state index contributed by atoms with van der Waals surface area (Å²) in [6.07, 6.45) is 3.77. The average Bonchev–Trinajstić information content (AvgIpc) is 3.28. The SMILES string of the molecule is COc1c(O)ccc2c1-c1ccc3ccc(O)cc3c1CSS[C@H]1CC[C@H](C[C@H]1O)[C@@H](O[C@H](NCCCCO)c1cc(CO)c(NCC(C)=O)c3c1C[C@@H](CO)CC3)CC(=O)CC2. The molecule has 2 aliphatic heterocycles. The summed E-state index contributed by atoms with van der Waals surface area (Å²) < 4.78 is 13.0. The van der Waals surface area contributed by atoms with E-state index in [1.165, 1.54) is 14.0 Å². The summed E-state index contributed by atoms with van der Waals surface area (Å²) in [5, 5.41) is 72.8. The molecule has 2 bridgehead atoms. The number of hydrogen-bond donors (Lipinski definition) is 8. The van der Waals surface area contributed by atoms with Crippen LogP contribution in [0.3, 0.4) is 0 Å². The first-order valence-corrected chi connectivity index (χ1v) is 24.7. The van der Waals surface area contributed by atoms with Gasteiger partial charge < -0.3 is 45.4 Å². The number of aliphatic hydroxyl groups excluding tert-OH is 4. The van der Waals surface area contributed by atoms with Crippen LogP contribution in [0.25, 0.3) is 21.9 Å². The Bertz CT molecular complexity index is 2250. The van der Waals surface area contributed by atoms with Crippen molar-refractivity contribution in [3.05, 3.63) is 81.9 Å². The van der Waals surface area contributed by atoms with Gasteiger partial charge >= 0.3 is 0 Å². The Morgan fingerprint density at radius 1 is 0.937 bits per heavy atom. The Morgan fingerprint density at radius 2 is 1.76 bits per heavy atom. The molecule has 340 valence electrons. The summed E-state index contributed by atoms with van der Waals surface area (Å²) in [7, 11) is 4.81. The van der Waals surface area contributed by atoms with Crippen molar-refractivity contribution in [2.75, 3.05) is 38.7 Å². The highest BCUT2D eigenvalue weighted by Crippen LogP contribution is 2.48. The molecular formula is C49H62N2O10S2. The summed E-state index contributed by atoms with van der Waals surface area (Å²) >= 11 is 0. The number of ketones is 2. The molecule has 4 aliphatic rings. The number of aromatic hydroxyl groups is 2. The lowest BCUT2D eigenvalue weighted by molar-refractivity contribution is -0.128. The van der Waals surface area contributed by atoms with Gasteiger partial charge in [-0.2, -0.15) is 0 Å². The van der Waals surface area contributed by atoms with Crippen molar-refractivity contribution in [3.63, 3.8) is 0 Å². The molecule has 0 saturated heterocycles. The molecule has 12 nitrogen and oxygen atoms in total. The van der Waals surface area contributed by atoms with Crippen LogP contribution in [-0.2, 0) is 45.9 Å². The number of ether oxygens (including phenoxy) is 2. The van der Waals surface area contributed by atoms with Crippen LogP contribution >= 0.6 is 21.6 Å². The number of phenols is 2. The van der Waals surface area contributed by atoms with E-state index in [9.17, 15) is 40.2 Å². The van der Waals surface area contributed by atoms with Crippen LogP contribution in [0.1, 0.15) is 97.9 Å². The van der Waals surface area contributed by atoms with Gasteiger partial charge in [0.05, 0.1) is 32.5 Å². The lowest BCUT2D eigenvalue weighted by atomic mass is 9.79. The summed E-state index contributed by atoms with van der Waals surface area (Å²) in [4.78, 5) is 26.5. The molecule has 0 radical (unpaired) electrons. The Morgan fingerprint density at radius 3 is 2.51 bits per heavy atom. The molecule has 1 fully saturated rings. The summed E-state index contributed by atoms with van der Waals surface area (Å²) in [5.41, 5.74) is 7.46. The first-order chi connectivity index (χ1) is 30.5. The molecule has 8 rings (SSSR count). The molecule has 2 heterocycles. The molecule has 0 unspecified atom stereocenters. The first kappa shape index (κ1) is 47.1. The van der Waals surface area contributed by atoms with Gasteiger partial charge in [0, 0.05) is 53.9 Å². The second-order valence-corrected chi connectivity index (χ2v) is 19.9. The van der Waals surface area contributed by atoms with Crippen LogP contribution in [0.4, 0.5) is 5.69 Å². The Balaban J connectivity index is 1.28. The molecule has 0 aromatic heterocycles. The van der Waals surface area contributed by atoms with Gasteiger partial charge in [-0.25, -0.2) is 0 Å². The van der Waals surface area contributed by atoms with Gasteiger partial charge in [0.25, 0.3) is 0 Å². The van der Waals surface area contributed by atoms with E-state index in [-0.39, 0.29) is 79.4 Å². The number of phenolic OH excluding ortho intramolecular Hbond substituents is 2. The number of carbonyl (C=O) groups excluding carboxylic acids is 2. The molecule has 2 aliphatic carbocycles. The third-order valence-electron chi connectivity index (χ3n) is 13.0. The fourth-order valence-electron chi connectivity index (χ4n) is 9.74. The predicted octanol–water partition coefficient (Wildman–Crippen LogP) is 7.28. The van der Waals surface area contributed by atoms with Crippen molar-refractivity contribution in [2.45, 2.75) is 114 Å². The number of methoxy groups -OCH3 is 1. The van der Waals surface area contributed by atoms with E-state index in [0.717, 1.165) is 62.7 Å². The molecule has 0 amide bonds. The van der Waals surface area contributed by atoms with Gasteiger partial charge in [0.1, 0.15) is 23.5 Å². The maximum Gasteiger partial charge on any atom is 0.168 e. The summed E-state index contributed by atoms with van der Waals surface area (Å²) in [6.45, 7) is 1.92. The van der Waals surface area contributed by atoms with E-state index >= 15 is 0 Å². The number of unbranched alkanes of at least 4 members (excludes halogenated alkanes) is 1. The van der Waals surface area contributed by atoms with Crippen molar-refractivity contribution in [3.8, 4) is 28.4 Å². The van der Waals surface area contributed by atoms with E-state index in [2.05, 4.69) is 10.6 Å². The van der Waals surface area contributed by atoms with Gasteiger partial charge in [-0.15, -0.1) is 0 Å². The Hall–Kier alpha value is -3.86. The fraction of sp³-hybridized carbons (Fsp3) is 0.510. The van der Waals surface area contributed by atoms with Crippen LogP contribution in [0.5, 0.6) is 17.2 Å². The van der Waals surface area contributed by atoms with E-state index in [1.54, 1.807) is 39.8 Å². The molecule has 4 aromatic carbocycles. The molecule has 1 saturated carbocycles. The van der Waals surface area contributed by atoms with Gasteiger partial charge in [-0.05, 0) is 152 Å². The molecular weight excluding hydrogens is 841 g/mol. The van der Waals surface area contributed by atoms with Crippen molar-refractivity contribution < 1.29 is 49.7 Å². The minimum absolute atomic E-state index is 0.0122. The molecule has 63 heavy (non-hydrogen) atoms. The van der Waals surface area contributed by atoms with Gasteiger partial charge in [0.2, 0.25) is 0 Å². The van der Waals surface area contributed by atoms with Crippen LogP contribution in [-0.4, -0.2) is 93.1 Å². The van der Waals surface area contributed by atoms with E-state index in [1.807, 2.05) is 30.3 Å². The lowest BCUT2D eigenvalue weighted by Gasteiger charge is -2.39. The van der Waals surface area contributed by atoms with Crippen LogP contribution < -0.4 is 15.4 Å². The highest BCUT2D eigenvalue weighted by Gasteiger charge is 2.38. The number of carbonyl (C=O) groups is 2. The first-order valence-electron chi connectivity index (χ1n) is 22.3. The smallest absolute Gasteiger partial charge is 0.168 e. The number of anilines is 1. The number of nitrogens with one attached hydrogen (secondary N) is 2. The largest absolute Gasteiger partial charge is 0.508 e. The fourth-order valence-corrected chi connectivity index (χ4v) is 12.6. The monoisotopic (exact) mass is 902 g/mol. The summed E-state index contributed by atoms with van der Waals surface area (Å²) in [5.74, 6) is 0.784. The quantitative estimate of drug-likeness (QED) is 0.0357. The van der Waals surface area contributed by atoms with Crippen LogP contribution in [0.2, 0.25) is 0 Å². The zero-order valence-electron chi connectivity index (χ0n) is 36.2. The highest BCUT2D eigenvalue weighted by molar-refractivity contribution is 8.76. The molecule has 6 atom stereocenters. The molecule has 8 N–H and O–H groups in total. The third-order valence-corrected chi connectivity index (χ3v) is 15.9. The van der Waals surface area contributed by atoms with Gasteiger partial charge in [0.15, 0.2) is 11.5 Å². The second kappa shape index (κ2) is 21.9. The Labute approximate surface area is 377 Å². The van der Waals surface area contributed by atoms with Crippen LogP contribution in [0.15, 0.2) is 48.5 Å². The van der Waals surface area contributed by atoms with Crippen molar-refractivity contribution in [2.24, 2.45) is 11.8 Å². The predicted molar refractivity (Wildman–Crippen MR) is 249 cm³/mol. The van der Waals surface area contributed by atoms with Gasteiger partial charge in [-0.1, -0.05) is 45.9 Å². The zero-order valence-corrected chi connectivity index (χ0v) is 37.9. The number of Topliss-reactive ketones (excluding diaryl/α,β-unsaturated/α-hetero) is 2. The zero-order chi connectivity index (χ0) is 44.6. The van der Waals surface area contributed by atoms with Gasteiger partial charge in [-0.3, -0.25) is 14.9 Å². The van der Waals surface area contributed by atoms with Crippen LogP contribution in [0, 0.1) is 11.8 Å². The van der Waals surface area contributed by atoms with Crippen molar-refractivity contribution >= 4 is 49.6 Å². The number of aryl methyl sites for hydroxylation is 1. The average molecular weight is 903 g/mol. The Kier molecular flexibility index (Phi) is 16.4. The van der Waals surface area contributed by atoms with Crippen molar-refractivity contribution in [1.29, 1.82) is 0 Å². The standard InChI is InChI=1S/C49H62N2O10S2/c1-28(55)24-51-47-33(26-54)20-40(39-19-29(25-53)5-13-37(39)47)49(50-17-3-4-18-52)61-44-23-35(57)12-7-31-9-15-42(58)48(60-2)46(31)36-14-8-30-6-11-34(56)22-38(30)41(36)27-62-63-45-16-10-32(44)21-43(45)59/h6,8-9,11,14-15,20,22,29,32,43-45,49-54,56,58-59H,3-5,7,10,12-13,16-19,21,23-27H2,1-2H3/t29-,32+,43+,44-,45-,49-/m0/s1. The molecule has 4 aromatic rings. The lowest BCUT2D eigenvalue weighted by Crippen LogP contribution is -2.41. The molecule has 14 heteroatoms.